The fourth-order valence-corrected chi connectivity index (χ4v) is 12.1. The van der Waals surface area contributed by atoms with Gasteiger partial charge in [0.25, 0.3) is 0 Å². The van der Waals surface area contributed by atoms with E-state index in [-0.39, 0.29) is 45.5 Å². The molecule has 1 amide bonds. The molecule has 5 fully saturated rings. The maximum absolute atomic E-state index is 14.0. The van der Waals surface area contributed by atoms with Gasteiger partial charge in [-0.1, -0.05) is 46.8 Å². The molecule has 5 aliphatic rings. The molecule has 39 heavy (non-hydrogen) atoms. The van der Waals surface area contributed by atoms with Crippen molar-refractivity contribution in [2.75, 3.05) is 6.54 Å². The molecule has 0 radical (unpaired) electrons. The lowest BCUT2D eigenvalue weighted by molar-refractivity contribution is -0.246. The highest BCUT2D eigenvalue weighted by Crippen LogP contribution is 2.77. The number of fused-ring (bicyclic) bond motifs is 7. The summed E-state index contributed by atoms with van der Waals surface area (Å²) in [5.74, 6) is 1.79. The Labute approximate surface area is 237 Å². The summed E-state index contributed by atoms with van der Waals surface area (Å²) < 4.78 is 0. The van der Waals surface area contributed by atoms with Crippen molar-refractivity contribution in [1.29, 1.82) is 0 Å². The predicted molar refractivity (Wildman–Crippen MR) is 155 cm³/mol. The second-order valence-corrected chi connectivity index (χ2v) is 16.0. The van der Waals surface area contributed by atoms with E-state index in [4.69, 9.17) is 5.11 Å². The molecule has 5 saturated carbocycles. The zero-order chi connectivity index (χ0) is 28.6. The van der Waals surface area contributed by atoms with Crippen LogP contribution in [0, 0.1) is 56.7 Å². The van der Waals surface area contributed by atoms with Gasteiger partial charge in [0.15, 0.2) is 0 Å². The third-order valence-corrected chi connectivity index (χ3v) is 14.4. The van der Waals surface area contributed by atoms with E-state index in [0.29, 0.717) is 42.6 Å². The number of aliphatic hydroxyl groups excluding tert-OH is 1. The van der Waals surface area contributed by atoms with Gasteiger partial charge in [0, 0.05) is 13.0 Å². The van der Waals surface area contributed by atoms with Gasteiger partial charge in [0.1, 0.15) is 0 Å². The first-order valence-corrected chi connectivity index (χ1v) is 16.0. The Hall–Kier alpha value is -1.36. The molecule has 0 aromatic carbocycles. The Bertz CT molecular complexity index is 1020. The van der Waals surface area contributed by atoms with Crippen molar-refractivity contribution in [3.8, 4) is 0 Å². The number of nitrogens with one attached hydrogen (secondary N) is 1. The van der Waals surface area contributed by atoms with Gasteiger partial charge < -0.3 is 15.5 Å². The average molecular weight is 542 g/mol. The minimum Gasteiger partial charge on any atom is -0.481 e. The highest BCUT2D eigenvalue weighted by atomic mass is 16.4. The largest absolute Gasteiger partial charge is 0.481 e. The van der Waals surface area contributed by atoms with Gasteiger partial charge in [0.2, 0.25) is 5.91 Å². The van der Waals surface area contributed by atoms with Gasteiger partial charge in [-0.15, -0.1) is 0 Å². The number of allylic oxidation sites excluding steroid dienone is 1. The van der Waals surface area contributed by atoms with E-state index in [1.807, 2.05) is 0 Å². The third-order valence-electron chi connectivity index (χ3n) is 14.4. The van der Waals surface area contributed by atoms with Crippen LogP contribution >= 0.6 is 0 Å². The molecular weight excluding hydrogens is 486 g/mol. The van der Waals surface area contributed by atoms with E-state index in [1.54, 1.807) is 0 Å². The molecule has 220 valence electrons. The van der Waals surface area contributed by atoms with E-state index in [1.165, 1.54) is 31.3 Å². The minimum atomic E-state index is -0.804. The Morgan fingerprint density at radius 1 is 0.872 bits per heavy atom. The Morgan fingerprint density at radius 2 is 1.59 bits per heavy atom. The van der Waals surface area contributed by atoms with E-state index in [2.05, 4.69) is 53.4 Å². The van der Waals surface area contributed by atoms with Crippen molar-refractivity contribution in [2.45, 2.75) is 125 Å². The summed E-state index contributed by atoms with van der Waals surface area (Å²) >= 11 is 0. The molecule has 5 aliphatic carbocycles. The fourth-order valence-electron chi connectivity index (χ4n) is 12.1. The second-order valence-electron chi connectivity index (χ2n) is 16.0. The number of carbonyl (C=O) groups is 2. The third kappa shape index (κ3) is 4.02. The predicted octanol–water partition coefficient (Wildman–Crippen LogP) is 6.99. The first kappa shape index (κ1) is 29.1. The van der Waals surface area contributed by atoms with Crippen molar-refractivity contribution in [3.63, 3.8) is 0 Å². The molecule has 3 N–H and O–H groups in total. The molecule has 5 nitrogen and oxygen atoms in total. The van der Waals surface area contributed by atoms with Crippen molar-refractivity contribution >= 4 is 11.9 Å². The number of carboxylic acid groups (broad SMARTS) is 1. The quantitative estimate of drug-likeness (QED) is 0.250. The molecule has 0 aliphatic heterocycles. The number of hydrogen-bond acceptors (Lipinski definition) is 3. The summed E-state index contributed by atoms with van der Waals surface area (Å²) in [5, 5.41) is 23.2. The number of carboxylic acids is 1. The van der Waals surface area contributed by atoms with Crippen LogP contribution in [0.5, 0.6) is 0 Å². The smallest absolute Gasteiger partial charge is 0.303 e. The van der Waals surface area contributed by atoms with Crippen LogP contribution in [-0.2, 0) is 9.59 Å². The van der Waals surface area contributed by atoms with E-state index >= 15 is 0 Å². The van der Waals surface area contributed by atoms with E-state index in [9.17, 15) is 14.7 Å². The fraction of sp³-hybridized carbons (Fsp3) is 0.882. The second kappa shape index (κ2) is 9.60. The summed E-state index contributed by atoms with van der Waals surface area (Å²) in [6.07, 6.45) is 11.3. The summed E-state index contributed by atoms with van der Waals surface area (Å²) in [4.78, 5) is 25.0. The standard InChI is InChI=1S/C34H55NO4/c1-21(2)22-12-17-34(29(39)35-20-8-9-27(37)38)19-18-32(6)23(28(22)34)10-11-25-31(5)15-14-26(36)30(3,4)24(31)13-16-33(25,32)7/h22-26,28,36H,1,8-20H2,2-7H3,(H,35,39)(H,37,38)/t22-,23+,24-,25?,26-,28+,31-,32+,33+,34-/m0/s1. The van der Waals surface area contributed by atoms with Crippen molar-refractivity contribution in [2.24, 2.45) is 56.7 Å². The Morgan fingerprint density at radius 3 is 2.26 bits per heavy atom. The zero-order valence-corrected chi connectivity index (χ0v) is 25.6. The molecule has 0 spiro atoms. The van der Waals surface area contributed by atoms with Crippen LogP contribution in [0.1, 0.15) is 119 Å². The van der Waals surface area contributed by atoms with Gasteiger partial charge in [-0.25, -0.2) is 0 Å². The maximum atomic E-state index is 14.0. The molecule has 1 unspecified atom stereocenters. The summed E-state index contributed by atoms with van der Waals surface area (Å²) in [7, 11) is 0. The number of rotatable bonds is 6. The van der Waals surface area contributed by atoms with Crippen LogP contribution in [0.3, 0.4) is 0 Å². The van der Waals surface area contributed by atoms with Gasteiger partial charge in [0.05, 0.1) is 11.5 Å². The molecule has 0 aromatic heterocycles. The van der Waals surface area contributed by atoms with Crippen LogP contribution in [0.15, 0.2) is 12.2 Å². The highest BCUT2D eigenvalue weighted by Gasteiger charge is 2.71. The number of carbonyl (C=O) groups excluding carboxylic acids is 1. The number of amides is 1. The first-order chi connectivity index (χ1) is 18.1. The van der Waals surface area contributed by atoms with Crippen molar-refractivity contribution < 1.29 is 19.8 Å². The lowest BCUT2D eigenvalue weighted by Gasteiger charge is -2.72. The molecule has 10 atom stereocenters. The first-order valence-electron chi connectivity index (χ1n) is 16.0. The van der Waals surface area contributed by atoms with Gasteiger partial charge >= 0.3 is 5.97 Å². The molecule has 0 saturated heterocycles. The van der Waals surface area contributed by atoms with Crippen molar-refractivity contribution in [3.05, 3.63) is 12.2 Å². The number of hydrogen-bond donors (Lipinski definition) is 3. The lowest BCUT2D eigenvalue weighted by atomic mass is 9.32. The lowest BCUT2D eigenvalue weighted by Crippen LogP contribution is -2.67. The van der Waals surface area contributed by atoms with E-state index < -0.39 is 5.97 Å². The molecule has 0 aromatic rings. The van der Waals surface area contributed by atoms with Gasteiger partial charge in [-0.2, -0.15) is 0 Å². The number of aliphatic carboxylic acids is 1. The normalized spacial score (nSPS) is 48.2. The topological polar surface area (TPSA) is 86.6 Å². The van der Waals surface area contributed by atoms with Crippen LogP contribution in [0.25, 0.3) is 0 Å². The summed E-state index contributed by atoms with van der Waals surface area (Å²) in [5.41, 5.74) is 1.51. The summed E-state index contributed by atoms with van der Waals surface area (Å²) in [6.45, 7) is 19.5. The highest BCUT2D eigenvalue weighted by molar-refractivity contribution is 5.84. The molecule has 0 bridgehead atoms. The maximum Gasteiger partial charge on any atom is 0.303 e. The SMILES string of the molecule is C=C(C)[C@@H]1CC[C@]2(C(=O)NCCCC(=O)O)CC[C@]3(C)[C@H](CCC4[C@@]5(C)CC[C@H](O)C(C)(C)[C@@H]5CC[C@]43C)[C@@H]12. The average Bonchev–Trinajstić information content (AvgIpc) is 3.26. The molecule has 5 rings (SSSR count). The summed E-state index contributed by atoms with van der Waals surface area (Å²) in [6, 6.07) is 0. The van der Waals surface area contributed by atoms with Crippen LogP contribution in [0.2, 0.25) is 0 Å². The van der Waals surface area contributed by atoms with Crippen LogP contribution in [-0.4, -0.2) is 34.7 Å². The van der Waals surface area contributed by atoms with Crippen LogP contribution < -0.4 is 5.32 Å². The Kier molecular flexibility index (Phi) is 7.17. The van der Waals surface area contributed by atoms with Crippen LogP contribution in [0.4, 0.5) is 0 Å². The molecule has 5 heteroatoms. The van der Waals surface area contributed by atoms with Crippen molar-refractivity contribution in [1.82, 2.24) is 5.32 Å². The minimum absolute atomic E-state index is 0.0387. The van der Waals surface area contributed by atoms with Gasteiger partial charge in [-0.3, -0.25) is 9.59 Å². The zero-order valence-electron chi connectivity index (χ0n) is 25.6. The monoisotopic (exact) mass is 541 g/mol. The van der Waals surface area contributed by atoms with Gasteiger partial charge in [-0.05, 0) is 129 Å². The number of aliphatic hydroxyl groups is 1. The molecule has 0 heterocycles. The molecular formula is C34H55NO4. The van der Waals surface area contributed by atoms with E-state index in [0.717, 1.165) is 38.5 Å². The Balaban J connectivity index is 1.47.